The zero-order chi connectivity index (χ0) is 17.1. The molecule has 2 aromatic rings. The number of ether oxygens (including phenoxy) is 1. The molecule has 6 heteroatoms. The summed E-state index contributed by atoms with van der Waals surface area (Å²) in [7, 11) is 1.52. The summed E-state index contributed by atoms with van der Waals surface area (Å²) < 4.78 is 5.14. The van der Waals surface area contributed by atoms with Gasteiger partial charge in [-0.15, -0.1) is 11.3 Å². The highest BCUT2D eigenvalue weighted by Gasteiger charge is 2.19. The van der Waals surface area contributed by atoms with Gasteiger partial charge >= 0.3 is 0 Å². The molecule has 0 unspecified atom stereocenters. The third-order valence-corrected chi connectivity index (χ3v) is 5.47. The number of phenols is 1. The summed E-state index contributed by atoms with van der Waals surface area (Å²) in [4.78, 5) is 14.0. The smallest absolute Gasteiger partial charge is 0.275 e. The van der Waals surface area contributed by atoms with E-state index in [1.165, 1.54) is 18.4 Å². The fraction of sp³-hybridized carbons (Fsp3) is 0.389. The summed E-state index contributed by atoms with van der Waals surface area (Å²) in [5.74, 6) is 1.20. The van der Waals surface area contributed by atoms with Crippen LogP contribution in [0.25, 0.3) is 10.4 Å². The molecular weight excluding hydrogens is 324 g/mol. The summed E-state index contributed by atoms with van der Waals surface area (Å²) in [5.41, 5.74) is 3.91. The molecule has 128 valence electrons. The number of hydrogen-bond donors (Lipinski definition) is 2. The van der Waals surface area contributed by atoms with Gasteiger partial charge in [0.25, 0.3) is 5.91 Å². The number of amides is 1. The minimum absolute atomic E-state index is 0.0634. The van der Waals surface area contributed by atoms with Gasteiger partial charge in [0, 0.05) is 18.0 Å². The largest absolute Gasteiger partial charge is 0.504 e. The van der Waals surface area contributed by atoms with Crippen molar-refractivity contribution in [2.75, 3.05) is 20.2 Å². The fourth-order valence-electron chi connectivity index (χ4n) is 2.77. The highest BCUT2D eigenvalue weighted by atomic mass is 32.1. The molecule has 1 saturated heterocycles. The monoisotopic (exact) mass is 346 g/mol. The van der Waals surface area contributed by atoms with Crippen molar-refractivity contribution >= 4 is 17.2 Å². The second-order valence-electron chi connectivity index (χ2n) is 6.16. The van der Waals surface area contributed by atoms with Gasteiger partial charge in [-0.1, -0.05) is 6.92 Å². The van der Waals surface area contributed by atoms with Crippen molar-refractivity contribution in [3.63, 3.8) is 0 Å². The normalized spacial score (nSPS) is 16.1. The molecule has 0 aliphatic carbocycles. The predicted molar refractivity (Wildman–Crippen MR) is 95.4 cm³/mol. The first-order valence-electron chi connectivity index (χ1n) is 8.10. The van der Waals surface area contributed by atoms with Crippen molar-refractivity contribution in [1.29, 1.82) is 0 Å². The first-order valence-corrected chi connectivity index (χ1v) is 8.91. The number of nitrogens with one attached hydrogen (secondary N) is 1. The zero-order valence-corrected chi connectivity index (χ0v) is 14.7. The van der Waals surface area contributed by atoms with Crippen molar-refractivity contribution in [3.8, 4) is 21.9 Å². The Bertz CT molecular complexity index is 721. The van der Waals surface area contributed by atoms with Crippen LogP contribution in [0.4, 0.5) is 0 Å². The van der Waals surface area contributed by atoms with Crippen molar-refractivity contribution in [2.24, 2.45) is 5.92 Å². The van der Waals surface area contributed by atoms with Crippen LogP contribution in [-0.4, -0.2) is 36.2 Å². The molecule has 24 heavy (non-hydrogen) atoms. The number of hydrogen-bond acceptors (Lipinski definition) is 5. The summed E-state index contributed by atoms with van der Waals surface area (Å²) in [6.07, 6.45) is 2.23. The molecule has 1 aliphatic rings. The third-order valence-electron chi connectivity index (χ3n) is 4.34. The molecule has 2 N–H and O–H groups in total. The topological polar surface area (TPSA) is 61.8 Å². The third kappa shape index (κ3) is 3.71. The van der Waals surface area contributed by atoms with E-state index in [9.17, 15) is 9.90 Å². The minimum atomic E-state index is -0.0634. The molecule has 1 aromatic heterocycles. The maximum atomic E-state index is 12.4. The number of aromatic hydroxyl groups is 1. The number of nitrogens with zero attached hydrogens (tertiary/aromatic N) is 1. The Morgan fingerprint density at radius 3 is 2.75 bits per heavy atom. The molecule has 0 saturated carbocycles. The Morgan fingerprint density at radius 2 is 2.04 bits per heavy atom. The zero-order valence-electron chi connectivity index (χ0n) is 13.9. The van der Waals surface area contributed by atoms with Crippen molar-refractivity contribution in [3.05, 3.63) is 35.2 Å². The molecule has 0 spiro atoms. The number of hydrazine groups is 1. The number of carbonyl (C=O) groups is 1. The first-order chi connectivity index (χ1) is 11.6. The van der Waals surface area contributed by atoms with E-state index in [1.54, 1.807) is 12.1 Å². The van der Waals surface area contributed by atoms with E-state index in [4.69, 9.17) is 4.74 Å². The van der Waals surface area contributed by atoms with Crippen LogP contribution in [0, 0.1) is 5.92 Å². The molecule has 5 nitrogen and oxygen atoms in total. The van der Waals surface area contributed by atoms with Crippen molar-refractivity contribution in [1.82, 2.24) is 10.4 Å². The Kier molecular flexibility index (Phi) is 5.06. The van der Waals surface area contributed by atoms with Crippen LogP contribution in [-0.2, 0) is 0 Å². The summed E-state index contributed by atoms with van der Waals surface area (Å²) in [6, 6.07) is 8.94. The van der Waals surface area contributed by atoms with Gasteiger partial charge < -0.3 is 9.84 Å². The second-order valence-corrected chi connectivity index (χ2v) is 7.24. The van der Waals surface area contributed by atoms with Crippen LogP contribution in [0.3, 0.4) is 0 Å². The number of piperidine rings is 1. The summed E-state index contributed by atoms with van der Waals surface area (Å²) in [6.45, 7) is 4.05. The second kappa shape index (κ2) is 7.23. The summed E-state index contributed by atoms with van der Waals surface area (Å²) >= 11 is 1.43. The van der Waals surface area contributed by atoms with Gasteiger partial charge in [-0.25, -0.2) is 5.01 Å². The fourth-order valence-corrected chi connectivity index (χ4v) is 3.66. The molecule has 1 aromatic carbocycles. The van der Waals surface area contributed by atoms with Crippen LogP contribution >= 0.6 is 11.3 Å². The van der Waals surface area contributed by atoms with Gasteiger partial charge in [-0.2, -0.15) is 0 Å². The lowest BCUT2D eigenvalue weighted by Crippen LogP contribution is -2.46. The van der Waals surface area contributed by atoms with E-state index in [1.807, 2.05) is 23.2 Å². The van der Waals surface area contributed by atoms with E-state index in [0.29, 0.717) is 10.6 Å². The van der Waals surface area contributed by atoms with Gasteiger partial charge in [0.15, 0.2) is 11.5 Å². The van der Waals surface area contributed by atoms with Crippen molar-refractivity contribution < 1.29 is 14.6 Å². The summed E-state index contributed by atoms with van der Waals surface area (Å²) in [5, 5.41) is 11.7. The number of phenolic OH excluding ortho intramolecular Hbond substituents is 1. The van der Waals surface area contributed by atoms with Gasteiger partial charge in [0.1, 0.15) is 0 Å². The Labute approximate surface area is 145 Å². The number of benzene rings is 1. The van der Waals surface area contributed by atoms with Gasteiger partial charge in [0.2, 0.25) is 0 Å². The molecule has 0 radical (unpaired) electrons. The Hall–Kier alpha value is -2.05. The molecular formula is C18H22N2O3S. The average molecular weight is 346 g/mol. The standard InChI is InChI=1S/C18H22N2O3S/c1-12-7-9-20(10-8-12)19-18(22)17-6-5-16(24-17)13-3-4-14(21)15(11-13)23-2/h3-6,11-12,21H,7-10H2,1-2H3,(H,19,22). The molecule has 3 rings (SSSR count). The predicted octanol–water partition coefficient (Wildman–Crippen LogP) is 3.51. The molecule has 2 heterocycles. The molecule has 0 atom stereocenters. The van der Waals surface area contributed by atoms with E-state index in [-0.39, 0.29) is 11.7 Å². The van der Waals surface area contributed by atoms with Crippen LogP contribution in [0.15, 0.2) is 30.3 Å². The lowest BCUT2D eigenvalue weighted by molar-refractivity contribution is 0.0716. The lowest BCUT2D eigenvalue weighted by Gasteiger charge is -2.30. The quantitative estimate of drug-likeness (QED) is 0.889. The first kappa shape index (κ1) is 16.8. The van der Waals surface area contributed by atoms with E-state index < -0.39 is 0 Å². The molecule has 1 amide bonds. The number of carbonyl (C=O) groups excluding carboxylic acids is 1. The Balaban J connectivity index is 1.70. The number of rotatable bonds is 4. The number of methoxy groups -OCH3 is 1. The highest BCUT2D eigenvalue weighted by molar-refractivity contribution is 7.17. The van der Waals surface area contributed by atoms with E-state index in [0.717, 1.165) is 42.3 Å². The van der Waals surface area contributed by atoms with Gasteiger partial charge in [0.05, 0.1) is 12.0 Å². The SMILES string of the molecule is COc1cc(-c2ccc(C(=O)NN3CCC(C)CC3)s2)ccc1O. The number of thiophene rings is 1. The minimum Gasteiger partial charge on any atom is -0.504 e. The Morgan fingerprint density at radius 1 is 1.29 bits per heavy atom. The molecule has 1 fully saturated rings. The van der Waals surface area contributed by atoms with Gasteiger partial charge in [-0.05, 0) is 54.7 Å². The maximum Gasteiger partial charge on any atom is 0.275 e. The molecule has 1 aliphatic heterocycles. The maximum absolute atomic E-state index is 12.4. The highest BCUT2D eigenvalue weighted by Crippen LogP contribution is 2.34. The lowest BCUT2D eigenvalue weighted by atomic mass is 10.0. The van der Waals surface area contributed by atoms with Gasteiger partial charge in [-0.3, -0.25) is 10.2 Å². The van der Waals surface area contributed by atoms with Crippen LogP contribution in [0.1, 0.15) is 29.4 Å². The average Bonchev–Trinajstić information content (AvgIpc) is 3.07. The molecule has 0 bridgehead atoms. The van der Waals surface area contributed by atoms with E-state index >= 15 is 0 Å². The van der Waals surface area contributed by atoms with Crippen molar-refractivity contribution in [2.45, 2.75) is 19.8 Å². The van der Waals surface area contributed by atoms with E-state index in [2.05, 4.69) is 12.3 Å². The van der Waals surface area contributed by atoms with Crippen LogP contribution in [0.2, 0.25) is 0 Å². The van der Waals surface area contributed by atoms with Crippen LogP contribution in [0.5, 0.6) is 11.5 Å². The van der Waals surface area contributed by atoms with Crippen LogP contribution < -0.4 is 10.2 Å².